The van der Waals surface area contributed by atoms with Gasteiger partial charge in [0, 0.05) is 13.1 Å². The number of sulfonamides is 1. The van der Waals surface area contributed by atoms with Gasteiger partial charge in [-0.3, -0.25) is 13.9 Å². The number of carbonyl (C=O) groups is 2. The highest BCUT2D eigenvalue weighted by Crippen LogP contribution is 2.22. The molecule has 0 spiro atoms. The zero-order valence-corrected chi connectivity index (χ0v) is 20.9. The van der Waals surface area contributed by atoms with Crippen LogP contribution in [0.1, 0.15) is 26.3 Å². The summed E-state index contributed by atoms with van der Waals surface area (Å²) in [6.45, 7) is 5.26. The van der Waals surface area contributed by atoms with Crippen LogP contribution >= 0.6 is 0 Å². The number of hydrogen-bond donors (Lipinski definition) is 1. The highest BCUT2D eigenvalue weighted by molar-refractivity contribution is 7.92. The van der Waals surface area contributed by atoms with Crippen molar-refractivity contribution in [3.63, 3.8) is 0 Å². The fourth-order valence-electron chi connectivity index (χ4n) is 3.25. The van der Waals surface area contributed by atoms with Gasteiger partial charge in [0.25, 0.3) is 0 Å². The van der Waals surface area contributed by atoms with Gasteiger partial charge in [-0.2, -0.15) is 0 Å². The summed E-state index contributed by atoms with van der Waals surface area (Å²) in [4.78, 5) is 27.5. The molecule has 10 heteroatoms. The molecule has 8 nitrogen and oxygen atoms in total. The van der Waals surface area contributed by atoms with E-state index in [1.54, 1.807) is 31.2 Å². The number of benzene rings is 2. The maximum atomic E-state index is 14.4. The van der Waals surface area contributed by atoms with Crippen LogP contribution < -0.4 is 14.4 Å². The minimum absolute atomic E-state index is 0.0289. The Kier molecular flexibility index (Phi) is 9.43. The van der Waals surface area contributed by atoms with Crippen molar-refractivity contribution in [2.24, 2.45) is 5.92 Å². The van der Waals surface area contributed by atoms with Crippen molar-refractivity contribution in [1.82, 2.24) is 10.2 Å². The Hall–Kier alpha value is -3.14. The Morgan fingerprint density at radius 2 is 1.76 bits per heavy atom. The predicted octanol–water partition coefficient (Wildman–Crippen LogP) is 2.79. The van der Waals surface area contributed by atoms with E-state index in [1.165, 1.54) is 30.2 Å². The molecule has 0 aromatic heterocycles. The van der Waals surface area contributed by atoms with Crippen molar-refractivity contribution < 1.29 is 27.1 Å². The molecule has 0 radical (unpaired) electrons. The van der Waals surface area contributed by atoms with E-state index in [2.05, 4.69) is 5.32 Å². The second kappa shape index (κ2) is 11.8. The minimum Gasteiger partial charge on any atom is -0.497 e. The number of rotatable bonds is 11. The summed E-state index contributed by atoms with van der Waals surface area (Å²) in [5.74, 6) is -1.01. The van der Waals surface area contributed by atoms with Crippen LogP contribution in [-0.4, -0.2) is 57.6 Å². The number of ether oxygens (including phenoxy) is 1. The van der Waals surface area contributed by atoms with Crippen molar-refractivity contribution in [2.45, 2.75) is 33.4 Å². The number of carbonyl (C=O) groups excluding carboxylic acids is 2. The molecule has 0 saturated carbocycles. The molecule has 1 N–H and O–H groups in total. The molecule has 34 heavy (non-hydrogen) atoms. The van der Waals surface area contributed by atoms with E-state index in [1.807, 2.05) is 13.8 Å². The van der Waals surface area contributed by atoms with E-state index in [0.717, 1.165) is 12.3 Å². The first-order chi connectivity index (χ1) is 15.9. The van der Waals surface area contributed by atoms with Gasteiger partial charge in [-0.05, 0) is 42.7 Å². The summed E-state index contributed by atoms with van der Waals surface area (Å²) >= 11 is 0. The van der Waals surface area contributed by atoms with Crippen LogP contribution in [0.5, 0.6) is 5.75 Å². The van der Waals surface area contributed by atoms with Crippen molar-refractivity contribution in [3.8, 4) is 5.75 Å². The molecule has 0 unspecified atom stereocenters. The number of amides is 2. The largest absolute Gasteiger partial charge is 0.497 e. The molecule has 0 aliphatic carbocycles. The number of anilines is 1. The average Bonchev–Trinajstić information content (AvgIpc) is 2.78. The highest BCUT2D eigenvalue weighted by atomic mass is 32.2. The summed E-state index contributed by atoms with van der Waals surface area (Å²) in [7, 11) is -2.48. The molecular weight excluding hydrogens is 461 g/mol. The topological polar surface area (TPSA) is 96.0 Å². The molecule has 0 aliphatic heterocycles. The van der Waals surface area contributed by atoms with Crippen molar-refractivity contribution in [1.29, 1.82) is 0 Å². The van der Waals surface area contributed by atoms with Crippen LogP contribution in [0.15, 0.2) is 48.5 Å². The number of nitrogens with one attached hydrogen (secondary N) is 1. The molecule has 1 atom stereocenters. The van der Waals surface area contributed by atoms with Gasteiger partial charge in [0.1, 0.15) is 24.2 Å². The van der Waals surface area contributed by atoms with Crippen LogP contribution in [0.3, 0.4) is 0 Å². The van der Waals surface area contributed by atoms with Gasteiger partial charge in [-0.1, -0.05) is 38.1 Å². The predicted molar refractivity (Wildman–Crippen MR) is 129 cm³/mol. The molecule has 186 valence electrons. The second-order valence-corrected chi connectivity index (χ2v) is 10.3. The Morgan fingerprint density at radius 1 is 1.09 bits per heavy atom. The Morgan fingerprint density at radius 3 is 2.35 bits per heavy atom. The maximum Gasteiger partial charge on any atom is 0.244 e. The summed E-state index contributed by atoms with van der Waals surface area (Å²) in [6.07, 6.45) is 0.901. The Labute approximate surface area is 200 Å². The fraction of sp³-hybridized carbons (Fsp3) is 0.417. The molecule has 2 aromatic carbocycles. The van der Waals surface area contributed by atoms with Gasteiger partial charge in [0.2, 0.25) is 21.8 Å². The normalized spacial score (nSPS) is 12.2. The third-order valence-corrected chi connectivity index (χ3v) is 6.27. The lowest BCUT2D eigenvalue weighted by molar-refractivity contribution is -0.139. The first-order valence-electron chi connectivity index (χ1n) is 10.9. The average molecular weight is 494 g/mol. The molecule has 0 heterocycles. The molecule has 2 amide bonds. The molecule has 0 fully saturated rings. The first-order valence-corrected chi connectivity index (χ1v) is 12.7. The van der Waals surface area contributed by atoms with Crippen LogP contribution in [-0.2, 0) is 26.2 Å². The molecule has 2 aromatic rings. The van der Waals surface area contributed by atoms with E-state index in [4.69, 9.17) is 4.74 Å². The Balaban J connectivity index is 2.39. The first kappa shape index (κ1) is 27.1. The van der Waals surface area contributed by atoms with E-state index in [0.29, 0.717) is 22.2 Å². The minimum atomic E-state index is -3.99. The molecular formula is C24H32FN3O5S. The van der Waals surface area contributed by atoms with Gasteiger partial charge in [0.05, 0.1) is 19.1 Å². The molecule has 0 saturated heterocycles. The number of hydrogen-bond acceptors (Lipinski definition) is 5. The second-order valence-electron chi connectivity index (χ2n) is 8.41. The van der Waals surface area contributed by atoms with Crippen LogP contribution in [0, 0.1) is 11.7 Å². The maximum absolute atomic E-state index is 14.4. The number of halogens is 1. The molecule has 0 aliphatic rings. The zero-order chi connectivity index (χ0) is 25.5. The third-order valence-electron chi connectivity index (χ3n) is 5.14. The van der Waals surface area contributed by atoms with Crippen LogP contribution in [0.2, 0.25) is 0 Å². The third kappa shape index (κ3) is 7.44. The summed E-state index contributed by atoms with van der Waals surface area (Å²) in [5, 5.41) is 2.80. The summed E-state index contributed by atoms with van der Waals surface area (Å²) in [6, 6.07) is 11.4. The molecule has 2 rings (SSSR count). The number of methoxy groups -OCH3 is 1. The summed E-state index contributed by atoms with van der Waals surface area (Å²) in [5.41, 5.74) is 0.449. The summed E-state index contributed by atoms with van der Waals surface area (Å²) < 4.78 is 45.3. The van der Waals surface area contributed by atoms with Gasteiger partial charge in [-0.15, -0.1) is 0 Å². The van der Waals surface area contributed by atoms with Crippen molar-refractivity contribution in [2.75, 3.05) is 30.8 Å². The van der Waals surface area contributed by atoms with E-state index in [-0.39, 0.29) is 24.1 Å². The van der Waals surface area contributed by atoms with E-state index >= 15 is 0 Å². The van der Waals surface area contributed by atoms with E-state index < -0.39 is 34.3 Å². The quantitative estimate of drug-likeness (QED) is 0.519. The van der Waals surface area contributed by atoms with E-state index in [9.17, 15) is 22.4 Å². The number of nitrogens with zero attached hydrogens (tertiary/aromatic N) is 2. The number of para-hydroxylation sites is 1. The van der Waals surface area contributed by atoms with Gasteiger partial charge in [-0.25, -0.2) is 12.8 Å². The van der Waals surface area contributed by atoms with Crippen molar-refractivity contribution >= 4 is 27.5 Å². The van der Waals surface area contributed by atoms with Gasteiger partial charge in [0.15, 0.2) is 0 Å². The van der Waals surface area contributed by atoms with Crippen LogP contribution in [0.25, 0.3) is 0 Å². The van der Waals surface area contributed by atoms with Crippen molar-refractivity contribution in [3.05, 3.63) is 59.9 Å². The lowest BCUT2D eigenvalue weighted by Gasteiger charge is -2.31. The highest BCUT2D eigenvalue weighted by Gasteiger charge is 2.31. The zero-order valence-electron chi connectivity index (χ0n) is 20.1. The lowest BCUT2D eigenvalue weighted by atomic mass is 10.1. The van der Waals surface area contributed by atoms with Crippen LogP contribution in [0.4, 0.5) is 10.1 Å². The fourth-order valence-corrected chi connectivity index (χ4v) is 4.10. The lowest BCUT2D eigenvalue weighted by Crippen LogP contribution is -2.51. The van der Waals surface area contributed by atoms with Gasteiger partial charge >= 0.3 is 0 Å². The smallest absolute Gasteiger partial charge is 0.244 e. The molecule has 0 bridgehead atoms. The standard InChI is InChI=1S/C24H32FN3O5S/c1-17(2)14-26-24(30)18(3)27(15-19-9-8-10-20(13-19)33-4)23(29)16-28(34(5,31)32)22-12-7-6-11-21(22)25/h6-13,17-18H,14-16H2,1-5H3,(H,26,30)/t18-/m0/s1. The Bertz CT molecular complexity index is 1110. The monoisotopic (exact) mass is 493 g/mol. The van der Waals surface area contributed by atoms with Gasteiger partial charge < -0.3 is 15.0 Å². The SMILES string of the molecule is COc1cccc(CN(C(=O)CN(c2ccccc2F)S(C)(=O)=O)[C@@H](C)C(=O)NCC(C)C)c1.